The number of rotatable bonds is 1. The molecule has 0 aromatic rings. The lowest BCUT2D eigenvalue weighted by Crippen LogP contribution is -2.41. The van der Waals surface area contributed by atoms with Gasteiger partial charge in [0.15, 0.2) is 0 Å². The van der Waals surface area contributed by atoms with Crippen molar-refractivity contribution in [2.45, 2.75) is 44.0 Å². The molecule has 0 saturated heterocycles. The zero-order valence-corrected chi connectivity index (χ0v) is 7.53. The number of carbonyl (C=O) groups excluding carboxylic acids is 1. The van der Waals surface area contributed by atoms with E-state index in [0.717, 1.165) is 12.8 Å². The van der Waals surface area contributed by atoms with Crippen LogP contribution in [0.1, 0.15) is 32.6 Å². The molecule has 2 atom stereocenters. The van der Waals surface area contributed by atoms with E-state index in [9.17, 15) is 4.79 Å². The number of nitrogens with one attached hydrogen (secondary N) is 1. The maximum absolute atomic E-state index is 10.7. The van der Waals surface area contributed by atoms with E-state index in [1.807, 2.05) is 0 Å². The highest BCUT2D eigenvalue weighted by molar-refractivity contribution is 6.21. The van der Waals surface area contributed by atoms with Gasteiger partial charge >= 0.3 is 0 Å². The largest absolute Gasteiger partial charge is 0.352 e. The second-order valence-electron chi connectivity index (χ2n) is 3.11. The first-order chi connectivity index (χ1) is 5.20. The van der Waals surface area contributed by atoms with E-state index in [2.05, 4.69) is 5.32 Å². The Balaban J connectivity index is 2.35. The SMILES string of the molecule is CC(=O)N[C@@H]1CCCC[C@H]1Cl. The molecule has 1 amide bonds. The minimum Gasteiger partial charge on any atom is -0.352 e. The van der Waals surface area contributed by atoms with Crippen molar-refractivity contribution in [3.8, 4) is 0 Å². The summed E-state index contributed by atoms with van der Waals surface area (Å²) in [6.45, 7) is 1.54. The van der Waals surface area contributed by atoms with Gasteiger partial charge in [-0.15, -0.1) is 11.6 Å². The van der Waals surface area contributed by atoms with Crippen LogP contribution in [0, 0.1) is 0 Å². The molecule has 1 aliphatic carbocycles. The average Bonchev–Trinajstić information content (AvgIpc) is 1.93. The van der Waals surface area contributed by atoms with Crippen LogP contribution in [0.25, 0.3) is 0 Å². The lowest BCUT2D eigenvalue weighted by atomic mass is 9.95. The molecule has 0 aromatic carbocycles. The summed E-state index contributed by atoms with van der Waals surface area (Å²) in [6, 6.07) is 0.211. The van der Waals surface area contributed by atoms with E-state index in [4.69, 9.17) is 11.6 Å². The lowest BCUT2D eigenvalue weighted by Gasteiger charge is -2.27. The van der Waals surface area contributed by atoms with Crippen molar-refractivity contribution >= 4 is 17.5 Å². The minimum absolute atomic E-state index is 0.0301. The van der Waals surface area contributed by atoms with E-state index in [0.29, 0.717) is 0 Å². The predicted molar refractivity (Wildman–Crippen MR) is 45.7 cm³/mol. The quantitative estimate of drug-likeness (QED) is 0.604. The Kier molecular flexibility index (Phi) is 3.18. The molecule has 1 saturated carbocycles. The van der Waals surface area contributed by atoms with E-state index in [1.54, 1.807) is 0 Å². The fraction of sp³-hybridized carbons (Fsp3) is 0.875. The first kappa shape index (κ1) is 8.85. The van der Waals surface area contributed by atoms with Crippen molar-refractivity contribution < 1.29 is 4.79 Å². The molecule has 1 N–H and O–H groups in total. The first-order valence-electron chi connectivity index (χ1n) is 4.11. The van der Waals surface area contributed by atoms with Gasteiger partial charge in [-0.1, -0.05) is 12.8 Å². The highest BCUT2D eigenvalue weighted by atomic mass is 35.5. The van der Waals surface area contributed by atoms with Crippen LogP contribution in [0.5, 0.6) is 0 Å². The van der Waals surface area contributed by atoms with Crippen LogP contribution in [-0.2, 0) is 4.79 Å². The molecule has 0 heterocycles. The number of halogens is 1. The summed E-state index contributed by atoms with van der Waals surface area (Å²) in [7, 11) is 0. The topological polar surface area (TPSA) is 29.1 Å². The number of amides is 1. The normalized spacial score (nSPS) is 31.5. The van der Waals surface area contributed by atoms with E-state index in [1.165, 1.54) is 19.8 Å². The molecule has 2 nitrogen and oxygen atoms in total. The molecule has 0 spiro atoms. The molecule has 1 aliphatic rings. The van der Waals surface area contributed by atoms with Crippen LogP contribution < -0.4 is 5.32 Å². The van der Waals surface area contributed by atoms with Gasteiger partial charge in [0.1, 0.15) is 0 Å². The fourth-order valence-electron chi connectivity index (χ4n) is 1.51. The van der Waals surface area contributed by atoms with Crippen molar-refractivity contribution in [2.75, 3.05) is 0 Å². The Morgan fingerprint density at radius 1 is 1.45 bits per heavy atom. The predicted octanol–water partition coefficient (Wildman–Crippen LogP) is 1.67. The summed E-state index contributed by atoms with van der Waals surface area (Å²) in [6.07, 6.45) is 4.46. The smallest absolute Gasteiger partial charge is 0.217 e. The van der Waals surface area contributed by atoms with Crippen LogP contribution >= 0.6 is 11.6 Å². The van der Waals surface area contributed by atoms with Gasteiger partial charge in [0.25, 0.3) is 0 Å². The van der Waals surface area contributed by atoms with Crippen LogP contribution in [0.3, 0.4) is 0 Å². The Bertz CT molecular complexity index is 149. The maximum Gasteiger partial charge on any atom is 0.217 e. The van der Waals surface area contributed by atoms with Gasteiger partial charge < -0.3 is 5.32 Å². The summed E-state index contributed by atoms with van der Waals surface area (Å²) >= 11 is 6.01. The van der Waals surface area contributed by atoms with Crippen LogP contribution in [-0.4, -0.2) is 17.3 Å². The highest BCUT2D eigenvalue weighted by Gasteiger charge is 2.23. The average molecular weight is 176 g/mol. The Morgan fingerprint density at radius 2 is 2.09 bits per heavy atom. The van der Waals surface area contributed by atoms with Gasteiger partial charge in [0, 0.05) is 13.0 Å². The summed E-state index contributed by atoms with van der Waals surface area (Å²) in [4.78, 5) is 10.7. The number of carbonyl (C=O) groups is 1. The number of hydrogen-bond acceptors (Lipinski definition) is 1. The monoisotopic (exact) mass is 175 g/mol. The zero-order chi connectivity index (χ0) is 8.27. The van der Waals surface area contributed by atoms with Crippen molar-refractivity contribution in [3.63, 3.8) is 0 Å². The molecule has 0 radical (unpaired) electrons. The number of hydrogen-bond donors (Lipinski definition) is 1. The second-order valence-corrected chi connectivity index (χ2v) is 3.67. The second kappa shape index (κ2) is 3.96. The molecule has 0 aromatic heterocycles. The van der Waals surface area contributed by atoms with E-state index >= 15 is 0 Å². The summed E-state index contributed by atoms with van der Waals surface area (Å²) in [5, 5.41) is 3.01. The molecule has 64 valence electrons. The Hall–Kier alpha value is -0.240. The molecular weight excluding hydrogens is 162 g/mol. The van der Waals surface area contributed by atoms with Gasteiger partial charge in [-0.25, -0.2) is 0 Å². The molecule has 3 heteroatoms. The van der Waals surface area contributed by atoms with Gasteiger partial charge in [-0.3, -0.25) is 4.79 Å². The van der Waals surface area contributed by atoms with Crippen molar-refractivity contribution in [1.29, 1.82) is 0 Å². The maximum atomic E-state index is 10.7. The third kappa shape index (κ3) is 2.70. The van der Waals surface area contributed by atoms with Crippen LogP contribution in [0.2, 0.25) is 0 Å². The molecule has 0 aliphatic heterocycles. The van der Waals surface area contributed by atoms with Gasteiger partial charge in [0.05, 0.1) is 5.38 Å². The Morgan fingerprint density at radius 3 is 2.64 bits per heavy atom. The Labute approximate surface area is 72.3 Å². The highest BCUT2D eigenvalue weighted by Crippen LogP contribution is 2.22. The number of alkyl halides is 1. The molecule has 1 rings (SSSR count). The van der Waals surface area contributed by atoms with Crippen LogP contribution in [0.15, 0.2) is 0 Å². The fourth-order valence-corrected chi connectivity index (χ4v) is 1.85. The van der Waals surface area contributed by atoms with E-state index in [-0.39, 0.29) is 17.3 Å². The summed E-state index contributed by atoms with van der Waals surface area (Å²) < 4.78 is 0. The van der Waals surface area contributed by atoms with Crippen molar-refractivity contribution in [1.82, 2.24) is 5.32 Å². The summed E-state index contributed by atoms with van der Waals surface area (Å²) in [5.74, 6) is 0.0301. The molecular formula is C8H14ClNO. The van der Waals surface area contributed by atoms with Gasteiger partial charge in [-0.05, 0) is 12.8 Å². The molecule has 0 unspecified atom stereocenters. The zero-order valence-electron chi connectivity index (χ0n) is 6.77. The summed E-state index contributed by atoms with van der Waals surface area (Å²) in [5.41, 5.74) is 0. The van der Waals surface area contributed by atoms with Crippen LogP contribution in [0.4, 0.5) is 0 Å². The first-order valence-corrected chi connectivity index (χ1v) is 4.55. The van der Waals surface area contributed by atoms with Gasteiger partial charge in [-0.2, -0.15) is 0 Å². The molecule has 1 fully saturated rings. The van der Waals surface area contributed by atoms with Crippen molar-refractivity contribution in [2.24, 2.45) is 0 Å². The molecule has 0 bridgehead atoms. The van der Waals surface area contributed by atoms with E-state index < -0.39 is 0 Å². The standard InChI is InChI=1S/C8H14ClNO/c1-6(11)10-8-5-3-2-4-7(8)9/h7-8H,2-5H2,1H3,(H,10,11)/t7-,8-/m1/s1. The third-order valence-electron chi connectivity index (χ3n) is 2.07. The minimum atomic E-state index is 0.0301. The lowest BCUT2D eigenvalue weighted by molar-refractivity contribution is -0.119. The molecule has 11 heavy (non-hydrogen) atoms. The third-order valence-corrected chi connectivity index (χ3v) is 2.59. The van der Waals surface area contributed by atoms with Crippen molar-refractivity contribution in [3.05, 3.63) is 0 Å². The van der Waals surface area contributed by atoms with Gasteiger partial charge in [0.2, 0.25) is 5.91 Å².